The molecule has 0 radical (unpaired) electrons. The lowest BCUT2D eigenvalue weighted by Crippen LogP contribution is -2.09. The zero-order valence-corrected chi connectivity index (χ0v) is 8.35. The lowest BCUT2D eigenvalue weighted by Gasteiger charge is -2.01. The maximum absolute atomic E-state index is 8.92. The third-order valence-corrected chi connectivity index (χ3v) is 1.96. The van der Waals surface area contributed by atoms with Gasteiger partial charge >= 0.3 is 0 Å². The van der Waals surface area contributed by atoms with Gasteiger partial charge in [0.05, 0.1) is 11.4 Å². The molecule has 0 spiro atoms. The molecular weight excluding hydrogens is 206 g/mol. The summed E-state index contributed by atoms with van der Waals surface area (Å²) in [6.07, 6.45) is 8.16. The molecule has 0 aliphatic carbocycles. The van der Waals surface area contributed by atoms with E-state index in [-0.39, 0.29) is 0 Å². The van der Waals surface area contributed by atoms with Gasteiger partial charge in [0.15, 0.2) is 0 Å². The molecule has 2 rings (SSSR count). The second kappa shape index (κ2) is 4.92. The van der Waals surface area contributed by atoms with Crippen LogP contribution in [0, 0.1) is 0 Å². The van der Waals surface area contributed by atoms with Crippen molar-refractivity contribution in [2.75, 3.05) is 0 Å². The Labute approximate surface area is 91.7 Å². The van der Waals surface area contributed by atoms with Gasteiger partial charge in [-0.25, -0.2) is 9.97 Å². The SMILES string of the molecule is O/N=C(/Cc1cnccn1)c1ccncn1. The van der Waals surface area contributed by atoms with E-state index < -0.39 is 0 Å². The summed E-state index contributed by atoms with van der Waals surface area (Å²) < 4.78 is 0. The van der Waals surface area contributed by atoms with Gasteiger partial charge in [0.2, 0.25) is 0 Å². The summed E-state index contributed by atoms with van der Waals surface area (Å²) >= 11 is 0. The fourth-order valence-electron chi connectivity index (χ4n) is 1.23. The molecule has 2 aromatic rings. The van der Waals surface area contributed by atoms with Gasteiger partial charge < -0.3 is 5.21 Å². The molecule has 0 fully saturated rings. The Hall–Kier alpha value is -2.37. The number of hydrogen-bond acceptors (Lipinski definition) is 6. The second-order valence-electron chi connectivity index (χ2n) is 3.01. The molecule has 0 aliphatic heterocycles. The van der Waals surface area contributed by atoms with E-state index in [9.17, 15) is 0 Å². The second-order valence-corrected chi connectivity index (χ2v) is 3.01. The highest BCUT2D eigenvalue weighted by Crippen LogP contribution is 2.02. The minimum Gasteiger partial charge on any atom is -0.411 e. The van der Waals surface area contributed by atoms with Gasteiger partial charge in [0.25, 0.3) is 0 Å². The molecule has 0 amide bonds. The first-order chi connectivity index (χ1) is 7.90. The van der Waals surface area contributed by atoms with E-state index in [0.717, 1.165) is 0 Å². The van der Waals surface area contributed by atoms with Gasteiger partial charge in [0.1, 0.15) is 12.0 Å². The van der Waals surface area contributed by atoms with Crippen LogP contribution in [0.4, 0.5) is 0 Å². The monoisotopic (exact) mass is 215 g/mol. The predicted octanol–water partition coefficient (Wildman–Crippen LogP) is 0.688. The summed E-state index contributed by atoms with van der Waals surface area (Å²) in [6, 6.07) is 1.67. The van der Waals surface area contributed by atoms with E-state index in [1.807, 2.05) is 0 Å². The first-order valence-corrected chi connectivity index (χ1v) is 4.62. The van der Waals surface area contributed by atoms with Crippen LogP contribution in [0.2, 0.25) is 0 Å². The molecule has 16 heavy (non-hydrogen) atoms. The molecule has 1 N–H and O–H groups in total. The van der Waals surface area contributed by atoms with Crippen molar-refractivity contribution < 1.29 is 5.21 Å². The number of oxime groups is 1. The zero-order valence-electron chi connectivity index (χ0n) is 8.35. The van der Waals surface area contributed by atoms with Crippen LogP contribution in [-0.4, -0.2) is 30.9 Å². The van der Waals surface area contributed by atoms with E-state index in [1.54, 1.807) is 30.9 Å². The van der Waals surface area contributed by atoms with Gasteiger partial charge in [-0.05, 0) is 6.07 Å². The molecule has 2 aromatic heterocycles. The minimum absolute atomic E-state index is 0.376. The molecule has 0 saturated heterocycles. The third-order valence-electron chi connectivity index (χ3n) is 1.96. The highest BCUT2D eigenvalue weighted by atomic mass is 16.4. The Balaban J connectivity index is 2.20. The topological polar surface area (TPSA) is 84.2 Å². The lowest BCUT2D eigenvalue weighted by atomic mass is 10.1. The van der Waals surface area contributed by atoms with Gasteiger partial charge in [-0.3, -0.25) is 9.97 Å². The van der Waals surface area contributed by atoms with Crippen LogP contribution >= 0.6 is 0 Å². The molecule has 0 atom stereocenters. The first-order valence-electron chi connectivity index (χ1n) is 4.62. The van der Waals surface area contributed by atoms with E-state index >= 15 is 0 Å². The Morgan fingerprint density at radius 1 is 1.19 bits per heavy atom. The third kappa shape index (κ3) is 2.35. The molecule has 0 saturated carbocycles. The van der Waals surface area contributed by atoms with Crippen LogP contribution < -0.4 is 0 Å². The lowest BCUT2D eigenvalue weighted by molar-refractivity contribution is 0.318. The maximum Gasteiger partial charge on any atom is 0.116 e. The van der Waals surface area contributed by atoms with Crippen molar-refractivity contribution in [3.8, 4) is 0 Å². The Morgan fingerprint density at radius 3 is 2.75 bits per heavy atom. The van der Waals surface area contributed by atoms with Crippen LogP contribution in [0.1, 0.15) is 11.4 Å². The van der Waals surface area contributed by atoms with Gasteiger partial charge in [-0.15, -0.1) is 0 Å². The van der Waals surface area contributed by atoms with Crippen molar-refractivity contribution in [2.45, 2.75) is 6.42 Å². The maximum atomic E-state index is 8.92. The van der Waals surface area contributed by atoms with Crippen LogP contribution in [0.5, 0.6) is 0 Å². The van der Waals surface area contributed by atoms with Crippen molar-refractivity contribution in [1.82, 2.24) is 19.9 Å². The minimum atomic E-state index is 0.376. The van der Waals surface area contributed by atoms with E-state index in [2.05, 4.69) is 25.1 Å². The van der Waals surface area contributed by atoms with Crippen LogP contribution in [0.15, 0.2) is 42.3 Å². The van der Waals surface area contributed by atoms with Crippen molar-refractivity contribution in [3.05, 3.63) is 48.6 Å². The average molecular weight is 215 g/mol. The summed E-state index contributed by atoms with van der Waals surface area (Å²) in [5, 5.41) is 12.1. The highest BCUT2D eigenvalue weighted by Gasteiger charge is 2.07. The van der Waals surface area contributed by atoms with Gasteiger partial charge in [0, 0.05) is 31.2 Å². The fourth-order valence-corrected chi connectivity index (χ4v) is 1.23. The zero-order chi connectivity index (χ0) is 11.2. The molecule has 0 aromatic carbocycles. The summed E-state index contributed by atoms with van der Waals surface area (Å²) in [5.41, 5.74) is 1.72. The number of rotatable bonds is 3. The molecule has 0 unspecified atom stereocenters. The number of aromatic nitrogens is 4. The van der Waals surface area contributed by atoms with Gasteiger partial charge in [-0.2, -0.15) is 0 Å². The highest BCUT2D eigenvalue weighted by molar-refractivity contribution is 5.99. The fraction of sp³-hybridized carbons (Fsp3) is 0.100. The quantitative estimate of drug-likeness (QED) is 0.462. The molecular formula is C10H9N5O. The van der Waals surface area contributed by atoms with Crippen molar-refractivity contribution in [3.63, 3.8) is 0 Å². The Morgan fingerprint density at radius 2 is 2.12 bits per heavy atom. The Bertz CT molecular complexity index is 471. The summed E-state index contributed by atoms with van der Waals surface area (Å²) in [6.45, 7) is 0. The first kappa shape index (κ1) is 10.2. The average Bonchev–Trinajstić information content (AvgIpc) is 2.38. The van der Waals surface area contributed by atoms with E-state index in [4.69, 9.17) is 5.21 Å². The molecule has 6 nitrogen and oxygen atoms in total. The Kier molecular flexibility index (Phi) is 3.12. The normalized spacial score (nSPS) is 11.4. The molecule has 2 heterocycles. The van der Waals surface area contributed by atoms with Crippen LogP contribution in [0.25, 0.3) is 0 Å². The molecule has 80 valence electrons. The number of hydrogen-bond donors (Lipinski definition) is 1. The van der Waals surface area contributed by atoms with Crippen molar-refractivity contribution in [2.24, 2.45) is 5.16 Å². The number of nitrogens with zero attached hydrogens (tertiary/aromatic N) is 5. The van der Waals surface area contributed by atoms with E-state index in [0.29, 0.717) is 23.5 Å². The predicted molar refractivity (Wildman–Crippen MR) is 56.1 cm³/mol. The van der Waals surface area contributed by atoms with Crippen LogP contribution in [-0.2, 0) is 6.42 Å². The molecule has 0 aliphatic rings. The smallest absolute Gasteiger partial charge is 0.116 e. The molecule has 0 bridgehead atoms. The standard InChI is InChI=1S/C10H9N5O/c16-15-10(9-1-2-12-7-14-9)5-8-6-11-3-4-13-8/h1-4,6-7,16H,5H2/b15-10-. The van der Waals surface area contributed by atoms with Crippen molar-refractivity contribution >= 4 is 5.71 Å². The molecule has 6 heteroatoms. The van der Waals surface area contributed by atoms with Crippen molar-refractivity contribution in [1.29, 1.82) is 0 Å². The summed E-state index contributed by atoms with van der Waals surface area (Å²) in [4.78, 5) is 15.8. The van der Waals surface area contributed by atoms with Gasteiger partial charge in [-0.1, -0.05) is 5.16 Å². The van der Waals surface area contributed by atoms with E-state index in [1.165, 1.54) is 6.33 Å². The largest absolute Gasteiger partial charge is 0.411 e. The summed E-state index contributed by atoms with van der Waals surface area (Å²) in [7, 11) is 0. The van der Waals surface area contributed by atoms with Crippen LogP contribution in [0.3, 0.4) is 0 Å². The summed E-state index contributed by atoms with van der Waals surface area (Å²) in [5.74, 6) is 0.